The summed E-state index contributed by atoms with van der Waals surface area (Å²) in [6, 6.07) is 19.0. The highest BCUT2D eigenvalue weighted by Gasteiger charge is 2.34. The van der Waals surface area contributed by atoms with E-state index in [1.807, 2.05) is 30.3 Å². The smallest absolute Gasteiger partial charge is 0.244 e. The lowest BCUT2D eigenvalue weighted by Crippen LogP contribution is -2.55. The number of sulfonamides is 1. The van der Waals surface area contributed by atoms with Gasteiger partial charge in [-0.05, 0) is 60.7 Å². The molecule has 1 aliphatic carbocycles. The van der Waals surface area contributed by atoms with E-state index in [2.05, 4.69) is 5.32 Å². The van der Waals surface area contributed by atoms with Crippen LogP contribution in [0.25, 0.3) is 0 Å². The van der Waals surface area contributed by atoms with Gasteiger partial charge < -0.3 is 10.2 Å². The minimum absolute atomic E-state index is 0.00826. The zero-order chi connectivity index (χ0) is 30.3. The van der Waals surface area contributed by atoms with Crippen molar-refractivity contribution in [1.29, 1.82) is 0 Å². The summed E-state index contributed by atoms with van der Waals surface area (Å²) in [5, 5.41) is 3.49. The molecular formula is C32H37ClFN3O4S. The van der Waals surface area contributed by atoms with Gasteiger partial charge in [-0.25, -0.2) is 12.8 Å². The van der Waals surface area contributed by atoms with Crippen LogP contribution in [0.1, 0.15) is 48.8 Å². The second-order valence-electron chi connectivity index (χ2n) is 10.9. The molecule has 2 amide bonds. The van der Waals surface area contributed by atoms with Gasteiger partial charge in [0.2, 0.25) is 21.8 Å². The van der Waals surface area contributed by atoms with Crippen molar-refractivity contribution >= 4 is 39.1 Å². The van der Waals surface area contributed by atoms with Crippen molar-refractivity contribution in [2.24, 2.45) is 0 Å². The summed E-state index contributed by atoms with van der Waals surface area (Å²) < 4.78 is 40.8. The van der Waals surface area contributed by atoms with E-state index >= 15 is 0 Å². The molecule has 1 aliphatic rings. The Balaban J connectivity index is 1.73. The molecule has 3 aromatic rings. The third kappa shape index (κ3) is 8.55. The Hall–Kier alpha value is -3.43. The molecule has 0 aromatic heterocycles. The number of aryl methyl sites for hydroxylation is 1. The molecule has 1 N–H and O–H groups in total. The van der Waals surface area contributed by atoms with Crippen LogP contribution in [0.2, 0.25) is 5.02 Å². The molecule has 0 saturated heterocycles. The summed E-state index contributed by atoms with van der Waals surface area (Å²) in [6.45, 7) is 1.18. The average Bonchev–Trinajstić information content (AvgIpc) is 2.96. The van der Waals surface area contributed by atoms with Gasteiger partial charge in [0.1, 0.15) is 18.4 Å². The Kier molecular flexibility index (Phi) is 10.6. The third-order valence-corrected chi connectivity index (χ3v) is 8.97. The molecule has 3 aromatic carbocycles. The molecule has 10 heteroatoms. The molecule has 0 bridgehead atoms. The summed E-state index contributed by atoms with van der Waals surface area (Å²) >= 11 is 6.20. The SMILES string of the molecule is Cc1ccc(Cl)cc1N(CC(=O)N(Cc1ccc(F)cc1)[C@@H](Cc1ccccc1)C(=O)NC1CCCCC1)S(C)(=O)=O. The van der Waals surface area contributed by atoms with Gasteiger partial charge in [-0.15, -0.1) is 0 Å². The number of nitrogens with one attached hydrogen (secondary N) is 1. The molecule has 0 aliphatic heterocycles. The van der Waals surface area contributed by atoms with E-state index < -0.39 is 34.3 Å². The zero-order valence-corrected chi connectivity index (χ0v) is 25.5. The summed E-state index contributed by atoms with van der Waals surface area (Å²) in [7, 11) is -3.91. The molecule has 4 rings (SSSR count). The monoisotopic (exact) mass is 613 g/mol. The van der Waals surface area contributed by atoms with Crippen LogP contribution in [-0.4, -0.2) is 50.0 Å². The van der Waals surface area contributed by atoms with E-state index in [-0.39, 0.29) is 30.6 Å². The molecule has 0 radical (unpaired) electrons. The van der Waals surface area contributed by atoms with Gasteiger partial charge in [-0.3, -0.25) is 13.9 Å². The highest BCUT2D eigenvalue weighted by Crippen LogP contribution is 2.27. The van der Waals surface area contributed by atoms with Crippen molar-refractivity contribution in [2.75, 3.05) is 17.1 Å². The van der Waals surface area contributed by atoms with Crippen molar-refractivity contribution in [1.82, 2.24) is 10.2 Å². The van der Waals surface area contributed by atoms with Crippen LogP contribution in [0, 0.1) is 12.7 Å². The number of halogens is 2. The third-order valence-electron chi connectivity index (χ3n) is 7.61. The van der Waals surface area contributed by atoms with Crippen LogP contribution in [0.4, 0.5) is 10.1 Å². The predicted molar refractivity (Wildman–Crippen MR) is 164 cm³/mol. The Morgan fingerprint density at radius 2 is 1.64 bits per heavy atom. The van der Waals surface area contributed by atoms with Gasteiger partial charge in [-0.1, -0.05) is 79.4 Å². The Morgan fingerprint density at radius 1 is 0.976 bits per heavy atom. The standard InChI is InChI=1S/C32H37ClFN3O4S/c1-23-13-16-26(33)20-29(23)37(42(2,40)41)22-31(38)36(21-25-14-17-27(34)18-15-25)30(19-24-9-5-3-6-10-24)32(39)35-28-11-7-4-8-12-28/h3,5-6,9-10,13-18,20,28,30H,4,7-8,11-12,19,21-22H2,1-2H3,(H,35,39)/t30-/m0/s1. The summed E-state index contributed by atoms with van der Waals surface area (Å²) in [6.07, 6.45) is 6.16. The number of carbonyl (C=O) groups excluding carboxylic acids is 2. The lowest BCUT2D eigenvalue weighted by molar-refractivity contribution is -0.140. The van der Waals surface area contributed by atoms with Crippen LogP contribution >= 0.6 is 11.6 Å². The molecule has 0 heterocycles. The first kappa shape index (κ1) is 31.5. The summed E-state index contributed by atoms with van der Waals surface area (Å²) in [5.74, 6) is -1.29. The Morgan fingerprint density at radius 3 is 2.29 bits per heavy atom. The second kappa shape index (κ2) is 14.2. The average molecular weight is 614 g/mol. The lowest BCUT2D eigenvalue weighted by Gasteiger charge is -2.35. The number of benzene rings is 3. The van der Waals surface area contributed by atoms with Gasteiger partial charge in [0.25, 0.3) is 0 Å². The maximum absolute atomic E-state index is 14.2. The minimum Gasteiger partial charge on any atom is -0.352 e. The molecule has 0 unspecified atom stereocenters. The first-order chi connectivity index (χ1) is 20.0. The van der Waals surface area contributed by atoms with Crippen LogP contribution in [0.5, 0.6) is 0 Å². The lowest BCUT2D eigenvalue weighted by atomic mass is 9.94. The number of nitrogens with zero attached hydrogens (tertiary/aromatic N) is 2. The fourth-order valence-electron chi connectivity index (χ4n) is 5.33. The van der Waals surface area contributed by atoms with Crippen molar-refractivity contribution in [2.45, 2.75) is 64.1 Å². The minimum atomic E-state index is -3.91. The quantitative estimate of drug-likeness (QED) is 0.303. The normalized spacial score (nSPS) is 14.7. The largest absolute Gasteiger partial charge is 0.352 e. The number of amides is 2. The van der Waals surface area contributed by atoms with Crippen LogP contribution < -0.4 is 9.62 Å². The van der Waals surface area contributed by atoms with Crippen LogP contribution in [0.3, 0.4) is 0 Å². The number of anilines is 1. The van der Waals surface area contributed by atoms with Crippen molar-refractivity contribution in [3.05, 3.63) is 100 Å². The topological polar surface area (TPSA) is 86.8 Å². The van der Waals surface area contributed by atoms with E-state index in [0.717, 1.165) is 48.2 Å². The van der Waals surface area contributed by atoms with Crippen molar-refractivity contribution < 1.29 is 22.4 Å². The first-order valence-electron chi connectivity index (χ1n) is 14.1. The molecule has 7 nitrogen and oxygen atoms in total. The molecule has 1 fully saturated rings. The van der Waals surface area contributed by atoms with E-state index in [1.165, 1.54) is 23.1 Å². The van der Waals surface area contributed by atoms with Crippen LogP contribution in [-0.2, 0) is 32.6 Å². The number of hydrogen-bond acceptors (Lipinski definition) is 4. The van der Waals surface area contributed by atoms with Gasteiger partial charge in [-0.2, -0.15) is 0 Å². The highest BCUT2D eigenvalue weighted by atomic mass is 35.5. The summed E-state index contributed by atoms with van der Waals surface area (Å²) in [5.41, 5.74) is 2.37. The van der Waals surface area contributed by atoms with Crippen molar-refractivity contribution in [3.8, 4) is 0 Å². The summed E-state index contributed by atoms with van der Waals surface area (Å²) in [4.78, 5) is 29.6. The number of hydrogen-bond donors (Lipinski definition) is 1. The van der Waals surface area contributed by atoms with E-state index in [0.29, 0.717) is 16.1 Å². The van der Waals surface area contributed by atoms with Gasteiger partial charge in [0, 0.05) is 24.0 Å². The van der Waals surface area contributed by atoms with E-state index in [1.54, 1.807) is 31.2 Å². The predicted octanol–water partition coefficient (Wildman–Crippen LogP) is 5.64. The molecule has 0 spiro atoms. The van der Waals surface area contributed by atoms with Gasteiger partial charge in [0.05, 0.1) is 11.9 Å². The van der Waals surface area contributed by atoms with E-state index in [4.69, 9.17) is 11.6 Å². The molecule has 224 valence electrons. The number of carbonyl (C=O) groups is 2. The Bertz CT molecular complexity index is 1480. The number of rotatable bonds is 11. The highest BCUT2D eigenvalue weighted by molar-refractivity contribution is 7.92. The van der Waals surface area contributed by atoms with Crippen LogP contribution in [0.15, 0.2) is 72.8 Å². The van der Waals surface area contributed by atoms with Gasteiger partial charge in [0.15, 0.2) is 0 Å². The molecule has 1 atom stereocenters. The Labute approximate surface area is 252 Å². The fraction of sp³-hybridized carbons (Fsp3) is 0.375. The first-order valence-corrected chi connectivity index (χ1v) is 16.4. The maximum atomic E-state index is 14.2. The fourth-order valence-corrected chi connectivity index (χ4v) is 6.40. The van der Waals surface area contributed by atoms with Crippen molar-refractivity contribution in [3.63, 3.8) is 0 Å². The second-order valence-corrected chi connectivity index (χ2v) is 13.2. The molecule has 42 heavy (non-hydrogen) atoms. The molecule has 1 saturated carbocycles. The molecular weight excluding hydrogens is 577 g/mol. The van der Waals surface area contributed by atoms with E-state index in [9.17, 15) is 22.4 Å². The van der Waals surface area contributed by atoms with Gasteiger partial charge >= 0.3 is 0 Å². The maximum Gasteiger partial charge on any atom is 0.244 e. The zero-order valence-electron chi connectivity index (χ0n) is 23.9.